The number of nitrogens with zero attached hydrogens (tertiary/aromatic N) is 1. The highest BCUT2D eigenvalue weighted by molar-refractivity contribution is 5.96. The molecule has 134 valence electrons. The van der Waals surface area contributed by atoms with Gasteiger partial charge in [0.1, 0.15) is 13.2 Å². The van der Waals surface area contributed by atoms with Crippen LogP contribution in [-0.2, 0) is 20.7 Å². The zero-order valence-electron chi connectivity index (χ0n) is 15.4. The first-order valence-corrected chi connectivity index (χ1v) is 8.39. The number of rotatable bonds is 9. The largest absolute Gasteiger partial charge is 0.462 e. The summed E-state index contributed by atoms with van der Waals surface area (Å²) in [6.07, 6.45) is 0.919. The van der Waals surface area contributed by atoms with E-state index >= 15 is 0 Å². The van der Waals surface area contributed by atoms with Crippen LogP contribution >= 0.6 is 0 Å². The summed E-state index contributed by atoms with van der Waals surface area (Å²) in [7, 11) is 1.54. The lowest BCUT2D eigenvalue weighted by Crippen LogP contribution is -2.41. The Hall–Kier alpha value is -1.88. The highest BCUT2D eigenvalue weighted by Crippen LogP contribution is 2.14. The number of hydrogen-bond donors (Lipinski definition) is 0. The first-order valence-electron chi connectivity index (χ1n) is 8.39. The maximum absolute atomic E-state index is 12.8. The maximum Gasteiger partial charge on any atom is 0.325 e. The van der Waals surface area contributed by atoms with Crippen LogP contribution in [0.15, 0.2) is 24.3 Å². The molecule has 0 aliphatic heterocycles. The smallest absolute Gasteiger partial charge is 0.325 e. The van der Waals surface area contributed by atoms with Crippen molar-refractivity contribution >= 4 is 11.9 Å². The Morgan fingerprint density at radius 1 is 1.12 bits per heavy atom. The Bertz CT molecular complexity index is 540. The third-order valence-electron chi connectivity index (χ3n) is 3.55. The van der Waals surface area contributed by atoms with Crippen molar-refractivity contribution < 1.29 is 19.1 Å². The van der Waals surface area contributed by atoms with Gasteiger partial charge in [-0.15, -0.1) is 0 Å². The zero-order chi connectivity index (χ0) is 18.1. The fourth-order valence-corrected chi connectivity index (χ4v) is 2.38. The van der Waals surface area contributed by atoms with Crippen LogP contribution in [0, 0.1) is 5.92 Å². The maximum atomic E-state index is 12.8. The SMILES string of the molecule is COCCOC(=O)CN(C(=O)c1cccc(CC(C)C)c1)C(C)C. The van der Waals surface area contributed by atoms with Crippen LogP contribution in [0.25, 0.3) is 0 Å². The van der Waals surface area contributed by atoms with Crippen LogP contribution in [0.2, 0.25) is 0 Å². The summed E-state index contributed by atoms with van der Waals surface area (Å²) in [5, 5.41) is 0. The number of amides is 1. The standard InChI is InChI=1S/C19H29NO4/c1-14(2)11-16-7-6-8-17(12-16)19(22)20(15(3)4)13-18(21)24-10-9-23-5/h6-8,12,14-15H,9-11,13H2,1-5H3. The molecule has 0 aliphatic carbocycles. The Morgan fingerprint density at radius 2 is 1.83 bits per heavy atom. The van der Waals surface area contributed by atoms with Crippen molar-refractivity contribution in [3.05, 3.63) is 35.4 Å². The quantitative estimate of drug-likeness (QED) is 0.514. The first-order chi connectivity index (χ1) is 11.3. The predicted molar refractivity (Wildman–Crippen MR) is 94.0 cm³/mol. The number of esters is 1. The van der Waals surface area contributed by atoms with Gasteiger partial charge in [0.15, 0.2) is 0 Å². The summed E-state index contributed by atoms with van der Waals surface area (Å²) in [6, 6.07) is 7.52. The molecule has 0 aliphatic rings. The third kappa shape index (κ3) is 6.71. The molecule has 0 radical (unpaired) electrons. The van der Waals surface area contributed by atoms with Crippen molar-refractivity contribution in [1.29, 1.82) is 0 Å². The van der Waals surface area contributed by atoms with E-state index in [2.05, 4.69) is 13.8 Å². The molecule has 0 fully saturated rings. The minimum Gasteiger partial charge on any atom is -0.462 e. The second-order valence-corrected chi connectivity index (χ2v) is 6.54. The van der Waals surface area contributed by atoms with E-state index in [1.807, 2.05) is 32.0 Å². The fourth-order valence-electron chi connectivity index (χ4n) is 2.38. The Labute approximate surface area is 144 Å². The molecule has 0 N–H and O–H groups in total. The van der Waals surface area contributed by atoms with E-state index in [0.717, 1.165) is 12.0 Å². The van der Waals surface area contributed by atoms with Crippen molar-refractivity contribution in [1.82, 2.24) is 4.90 Å². The molecular weight excluding hydrogens is 306 g/mol. The molecule has 0 aromatic heterocycles. The molecule has 0 unspecified atom stereocenters. The molecule has 0 heterocycles. The summed E-state index contributed by atoms with van der Waals surface area (Å²) in [5.41, 5.74) is 1.73. The van der Waals surface area contributed by atoms with Crippen molar-refractivity contribution in [2.45, 2.75) is 40.2 Å². The van der Waals surface area contributed by atoms with Gasteiger partial charge in [-0.1, -0.05) is 26.0 Å². The van der Waals surface area contributed by atoms with E-state index in [0.29, 0.717) is 18.1 Å². The van der Waals surface area contributed by atoms with E-state index in [-0.39, 0.29) is 25.1 Å². The van der Waals surface area contributed by atoms with Gasteiger partial charge in [0.2, 0.25) is 0 Å². The van der Waals surface area contributed by atoms with Crippen LogP contribution in [0.1, 0.15) is 43.6 Å². The predicted octanol–water partition coefficient (Wildman–Crippen LogP) is 2.93. The molecule has 0 saturated carbocycles. The van der Waals surface area contributed by atoms with Crippen LogP contribution in [0.3, 0.4) is 0 Å². The number of methoxy groups -OCH3 is 1. The molecule has 1 aromatic rings. The Morgan fingerprint density at radius 3 is 2.42 bits per heavy atom. The minimum atomic E-state index is -0.424. The van der Waals surface area contributed by atoms with Gasteiger partial charge in [-0.3, -0.25) is 9.59 Å². The Balaban J connectivity index is 2.81. The van der Waals surface area contributed by atoms with Crippen molar-refractivity contribution in [3.63, 3.8) is 0 Å². The summed E-state index contributed by atoms with van der Waals surface area (Å²) in [4.78, 5) is 26.2. The molecule has 5 nitrogen and oxygen atoms in total. The molecule has 1 aromatic carbocycles. The highest BCUT2D eigenvalue weighted by atomic mass is 16.6. The number of ether oxygens (including phenoxy) is 2. The molecule has 1 rings (SSSR count). The summed E-state index contributed by atoms with van der Waals surface area (Å²) >= 11 is 0. The minimum absolute atomic E-state index is 0.0609. The topological polar surface area (TPSA) is 55.8 Å². The molecule has 1 amide bonds. The van der Waals surface area contributed by atoms with E-state index in [1.165, 1.54) is 4.90 Å². The molecule has 5 heteroatoms. The number of hydrogen-bond acceptors (Lipinski definition) is 4. The molecular formula is C19H29NO4. The lowest BCUT2D eigenvalue weighted by atomic mass is 10.0. The third-order valence-corrected chi connectivity index (χ3v) is 3.55. The van der Waals surface area contributed by atoms with Crippen molar-refractivity contribution in [2.24, 2.45) is 5.92 Å². The summed E-state index contributed by atoms with van der Waals surface area (Å²) in [6.45, 7) is 8.54. The molecule has 0 spiro atoms. The van der Waals surface area contributed by atoms with E-state index < -0.39 is 5.97 Å². The van der Waals surface area contributed by atoms with E-state index in [1.54, 1.807) is 13.2 Å². The van der Waals surface area contributed by atoms with Gasteiger partial charge in [-0.25, -0.2) is 0 Å². The van der Waals surface area contributed by atoms with Gasteiger partial charge < -0.3 is 14.4 Å². The molecule has 0 saturated heterocycles. The van der Waals surface area contributed by atoms with Gasteiger partial charge in [-0.2, -0.15) is 0 Å². The molecule has 24 heavy (non-hydrogen) atoms. The highest BCUT2D eigenvalue weighted by Gasteiger charge is 2.22. The normalized spacial score (nSPS) is 11.0. The van der Waals surface area contributed by atoms with Gasteiger partial charge in [0.25, 0.3) is 5.91 Å². The number of carbonyl (C=O) groups is 2. The Kier molecular flexibility index (Phi) is 8.47. The monoisotopic (exact) mass is 335 g/mol. The molecule has 0 bridgehead atoms. The molecule has 0 atom stereocenters. The number of benzene rings is 1. The summed E-state index contributed by atoms with van der Waals surface area (Å²) < 4.78 is 9.92. The fraction of sp³-hybridized carbons (Fsp3) is 0.579. The van der Waals surface area contributed by atoms with Crippen LogP contribution in [0.4, 0.5) is 0 Å². The lowest BCUT2D eigenvalue weighted by Gasteiger charge is -2.26. The second-order valence-electron chi connectivity index (χ2n) is 6.54. The van der Waals surface area contributed by atoms with Crippen LogP contribution in [0.5, 0.6) is 0 Å². The van der Waals surface area contributed by atoms with Crippen molar-refractivity contribution in [2.75, 3.05) is 26.9 Å². The van der Waals surface area contributed by atoms with Gasteiger partial charge in [0, 0.05) is 18.7 Å². The average molecular weight is 335 g/mol. The van der Waals surface area contributed by atoms with Gasteiger partial charge in [-0.05, 0) is 43.9 Å². The zero-order valence-corrected chi connectivity index (χ0v) is 15.4. The van der Waals surface area contributed by atoms with Gasteiger partial charge >= 0.3 is 5.97 Å². The number of carbonyl (C=O) groups excluding carboxylic acids is 2. The van der Waals surface area contributed by atoms with Crippen LogP contribution < -0.4 is 0 Å². The van der Waals surface area contributed by atoms with Crippen LogP contribution in [-0.4, -0.2) is 49.7 Å². The van der Waals surface area contributed by atoms with E-state index in [4.69, 9.17) is 9.47 Å². The average Bonchev–Trinajstić information content (AvgIpc) is 2.51. The van der Waals surface area contributed by atoms with Crippen molar-refractivity contribution in [3.8, 4) is 0 Å². The van der Waals surface area contributed by atoms with E-state index in [9.17, 15) is 9.59 Å². The second kappa shape index (κ2) is 10.1. The first kappa shape index (κ1) is 20.2. The van der Waals surface area contributed by atoms with Gasteiger partial charge in [0.05, 0.1) is 6.61 Å². The lowest BCUT2D eigenvalue weighted by molar-refractivity contribution is -0.146. The summed E-state index contributed by atoms with van der Waals surface area (Å²) in [5.74, 6) is -0.0564.